The second-order valence-electron chi connectivity index (χ2n) is 5.29. The van der Waals surface area contributed by atoms with Crippen molar-refractivity contribution in [1.82, 2.24) is 15.3 Å². The van der Waals surface area contributed by atoms with Gasteiger partial charge in [-0.25, -0.2) is 9.97 Å². The zero-order valence-corrected chi connectivity index (χ0v) is 14.3. The summed E-state index contributed by atoms with van der Waals surface area (Å²) in [5.74, 6) is 1.08. The molecule has 0 bridgehead atoms. The van der Waals surface area contributed by atoms with Crippen molar-refractivity contribution >= 4 is 39.2 Å². The molecule has 0 atom stereocenters. The molecule has 114 valence electrons. The van der Waals surface area contributed by atoms with Gasteiger partial charge >= 0.3 is 0 Å². The monoisotopic (exact) mass is 323 g/mol. The highest BCUT2D eigenvalue weighted by atomic mass is 32.2. The molecule has 0 aliphatic rings. The quantitative estimate of drug-likeness (QED) is 0.626. The first-order valence-corrected chi connectivity index (χ1v) is 9.03. The molecule has 2 aromatic rings. The molecule has 2 rings (SSSR count). The van der Waals surface area contributed by atoms with Gasteiger partial charge in [0.05, 0.1) is 5.75 Å². The molecule has 1 amide bonds. The zero-order chi connectivity index (χ0) is 15.2. The van der Waals surface area contributed by atoms with Crippen LogP contribution >= 0.6 is 23.1 Å². The first-order valence-electron chi connectivity index (χ1n) is 7.23. The first-order chi connectivity index (χ1) is 10.1. The molecule has 0 fully saturated rings. The van der Waals surface area contributed by atoms with E-state index < -0.39 is 0 Å². The zero-order valence-electron chi connectivity index (χ0n) is 12.7. The lowest BCUT2D eigenvalue weighted by Crippen LogP contribution is -2.26. The van der Waals surface area contributed by atoms with E-state index in [0.29, 0.717) is 11.7 Å². The van der Waals surface area contributed by atoms with E-state index in [-0.39, 0.29) is 5.91 Å². The fraction of sp³-hybridized carbons (Fsp3) is 0.533. The van der Waals surface area contributed by atoms with E-state index in [2.05, 4.69) is 42.1 Å². The minimum Gasteiger partial charge on any atom is -0.355 e. The summed E-state index contributed by atoms with van der Waals surface area (Å²) in [7, 11) is 0. The highest BCUT2D eigenvalue weighted by Gasteiger charge is 2.10. The van der Waals surface area contributed by atoms with E-state index in [0.717, 1.165) is 34.6 Å². The van der Waals surface area contributed by atoms with Crippen molar-refractivity contribution in [3.8, 4) is 0 Å². The van der Waals surface area contributed by atoms with Crippen LogP contribution in [0.25, 0.3) is 10.2 Å². The summed E-state index contributed by atoms with van der Waals surface area (Å²) in [6.07, 6.45) is 3.59. The number of thioether (sulfide) groups is 1. The Hall–Kier alpha value is -1.14. The minimum absolute atomic E-state index is 0.0679. The molecule has 2 aromatic heterocycles. The van der Waals surface area contributed by atoms with Gasteiger partial charge in [-0.2, -0.15) is 0 Å². The predicted octanol–water partition coefficient (Wildman–Crippen LogP) is 3.51. The van der Waals surface area contributed by atoms with Crippen LogP contribution in [-0.4, -0.2) is 28.2 Å². The smallest absolute Gasteiger partial charge is 0.230 e. The Labute approximate surface area is 133 Å². The highest BCUT2D eigenvalue weighted by molar-refractivity contribution is 8.00. The van der Waals surface area contributed by atoms with Crippen molar-refractivity contribution in [1.29, 1.82) is 0 Å². The van der Waals surface area contributed by atoms with Gasteiger partial charge in [0.1, 0.15) is 16.2 Å². The van der Waals surface area contributed by atoms with Crippen LogP contribution < -0.4 is 5.32 Å². The summed E-state index contributed by atoms with van der Waals surface area (Å²) < 4.78 is 0. The number of carbonyl (C=O) groups excluding carboxylic acids is 1. The van der Waals surface area contributed by atoms with E-state index in [1.54, 1.807) is 17.7 Å². The van der Waals surface area contributed by atoms with Gasteiger partial charge in [-0.05, 0) is 24.8 Å². The van der Waals surface area contributed by atoms with Gasteiger partial charge in [0.15, 0.2) is 0 Å². The van der Waals surface area contributed by atoms with E-state index >= 15 is 0 Å². The molecule has 0 radical (unpaired) electrons. The van der Waals surface area contributed by atoms with E-state index in [4.69, 9.17) is 0 Å². The Bertz CT molecular complexity index is 610. The largest absolute Gasteiger partial charge is 0.355 e. The van der Waals surface area contributed by atoms with Crippen LogP contribution in [-0.2, 0) is 11.2 Å². The van der Waals surface area contributed by atoms with Gasteiger partial charge in [0.25, 0.3) is 0 Å². The van der Waals surface area contributed by atoms with Crippen LogP contribution in [0, 0.1) is 5.92 Å². The summed E-state index contributed by atoms with van der Waals surface area (Å²) >= 11 is 3.18. The average molecular weight is 323 g/mol. The minimum atomic E-state index is 0.0679. The van der Waals surface area contributed by atoms with Crippen LogP contribution in [0.1, 0.15) is 32.1 Å². The summed E-state index contributed by atoms with van der Waals surface area (Å²) in [6.45, 7) is 7.18. The maximum absolute atomic E-state index is 11.8. The average Bonchev–Trinajstić information content (AvgIpc) is 2.88. The number of hydrogen-bond donors (Lipinski definition) is 1. The number of fused-ring (bicyclic) bond motifs is 1. The van der Waals surface area contributed by atoms with Gasteiger partial charge in [0.2, 0.25) is 5.91 Å². The molecule has 0 aromatic carbocycles. The SMILES string of the molecule is CCc1cc2c(SCC(=O)NCCC(C)C)ncnc2s1. The maximum Gasteiger partial charge on any atom is 0.230 e. The van der Waals surface area contributed by atoms with Gasteiger partial charge in [-0.1, -0.05) is 32.5 Å². The third-order valence-electron chi connectivity index (χ3n) is 3.08. The summed E-state index contributed by atoms with van der Waals surface area (Å²) in [5.41, 5.74) is 0. The molecule has 0 saturated carbocycles. The normalized spacial score (nSPS) is 11.2. The molecule has 2 heterocycles. The van der Waals surface area contributed by atoms with Crippen LogP contribution in [0.5, 0.6) is 0 Å². The topological polar surface area (TPSA) is 54.9 Å². The fourth-order valence-electron chi connectivity index (χ4n) is 1.86. The van der Waals surface area contributed by atoms with Crippen LogP contribution in [0.4, 0.5) is 0 Å². The Balaban J connectivity index is 1.94. The van der Waals surface area contributed by atoms with Gasteiger partial charge < -0.3 is 5.32 Å². The second kappa shape index (κ2) is 7.75. The molecule has 6 heteroatoms. The van der Waals surface area contributed by atoms with Gasteiger partial charge in [0, 0.05) is 16.8 Å². The first kappa shape index (κ1) is 16.2. The molecule has 21 heavy (non-hydrogen) atoms. The lowest BCUT2D eigenvalue weighted by Gasteiger charge is -2.07. The van der Waals surface area contributed by atoms with Crippen molar-refractivity contribution in [2.75, 3.05) is 12.3 Å². The lowest BCUT2D eigenvalue weighted by molar-refractivity contribution is -0.118. The Kier molecular flexibility index (Phi) is 5.99. The molecule has 0 saturated heterocycles. The molecule has 4 nitrogen and oxygen atoms in total. The van der Waals surface area contributed by atoms with E-state index in [1.165, 1.54) is 16.6 Å². The molecular formula is C15H21N3OS2. The van der Waals surface area contributed by atoms with Crippen molar-refractivity contribution < 1.29 is 4.79 Å². The van der Waals surface area contributed by atoms with Gasteiger partial charge in [-0.3, -0.25) is 4.79 Å². The predicted molar refractivity (Wildman–Crippen MR) is 90.0 cm³/mol. The van der Waals surface area contributed by atoms with Gasteiger partial charge in [-0.15, -0.1) is 11.3 Å². The third kappa shape index (κ3) is 4.68. The standard InChI is InChI=1S/C15H21N3OS2/c1-4-11-7-12-14(17-9-18-15(12)21-11)20-8-13(19)16-6-5-10(2)3/h7,9-10H,4-6,8H2,1-3H3,(H,16,19). The van der Waals surface area contributed by atoms with Crippen LogP contribution in [0.15, 0.2) is 17.4 Å². The third-order valence-corrected chi connectivity index (χ3v) is 5.27. The highest BCUT2D eigenvalue weighted by Crippen LogP contribution is 2.30. The maximum atomic E-state index is 11.8. The number of carbonyl (C=O) groups is 1. The molecular weight excluding hydrogens is 302 g/mol. The van der Waals surface area contributed by atoms with E-state index in [9.17, 15) is 4.79 Å². The van der Waals surface area contributed by atoms with Crippen molar-refractivity contribution in [2.45, 2.75) is 38.6 Å². The second-order valence-corrected chi connectivity index (χ2v) is 7.36. The Morgan fingerprint density at radius 2 is 2.24 bits per heavy atom. The number of rotatable bonds is 7. The molecule has 0 aliphatic carbocycles. The summed E-state index contributed by atoms with van der Waals surface area (Å²) in [4.78, 5) is 22.7. The molecule has 0 aliphatic heterocycles. The van der Waals surface area contributed by atoms with Crippen LogP contribution in [0.3, 0.4) is 0 Å². The number of aromatic nitrogens is 2. The summed E-state index contributed by atoms with van der Waals surface area (Å²) in [5, 5.41) is 4.92. The van der Waals surface area contributed by atoms with Crippen LogP contribution in [0.2, 0.25) is 0 Å². The number of amides is 1. The Morgan fingerprint density at radius 3 is 2.95 bits per heavy atom. The Morgan fingerprint density at radius 1 is 1.43 bits per heavy atom. The fourth-order valence-corrected chi connectivity index (χ4v) is 3.66. The van der Waals surface area contributed by atoms with E-state index in [1.807, 2.05) is 0 Å². The number of hydrogen-bond acceptors (Lipinski definition) is 5. The lowest BCUT2D eigenvalue weighted by atomic mass is 10.1. The number of nitrogens with zero attached hydrogens (tertiary/aromatic N) is 2. The van der Waals surface area contributed by atoms with Crippen molar-refractivity contribution in [3.05, 3.63) is 17.3 Å². The van der Waals surface area contributed by atoms with Crippen molar-refractivity contribution in [2.24, 2.45) is 5.92 Å². The molecule has 1 N–H and O–H groups in total. The number of nitrogens with one attached hydrogen (secondary N) is 1. The molecule has 0 unspecified atom stereocenters. The number of aryl methyl sites for hydroxylation is 1. The molecule has 0 spiro atoms. The van der Waals surface area contributed by atoms with Crippen molar-refractivity contribution in [3.63, 3.8) is 0 Å². The summed E-state index contributed by atoms with van der Waals surface area (Å²) in [6, 6.07) is 2.14. The number of thiophene rings is 1.